The van der Waals surface area contributed by atoms with Gasteiger partial charge in [0.1, 0.15) is 0 Å². The van der Waals surface area contributed by atoms with Crippen molar-refractivity contribution in [1.82, 2.24) is 9.55 Å². The van der Waals surface area contributed by atoms with Gasteiger partial charge in [0.05, 0.1) is 24.7 Å². The Kier molecular flexibility index (Phi) is 4.47. The Morgan fingerprint density at radius 1 is 1.24 bits per heavy atom. The molecule has 21 heavy (non-hydrogen) atoms. The van der Waals surface area contributed by atoms with Crippen LogP contribution in [0.25, 0.3) is 0 Å². The van der Waals surface area contributed by atoms with E-state index in [-0.39, 0.29) is 23.6 Å². The zero-order valence-electron chi connectivity index (χ0n) is 11.8. The molecular weight excluding hydrogens is 278 g/mol. The maximum absolute atomic E-state index is 13.1. The van der Waals surface area contributed by atoms with E-state index in [1.807, 2.05) is 13.8 Å². The summed E-state index contributed by atoms with van der Waals surface area (Å²) in [6.45, 7) is 3.76. The van der Waals surface area contributed by atoms with Gasteiger partial charge < -0.3 is 5.11 Å². The van der Waals surface area contributed by atoms with Crippen molar-refractivity contribution in [3.63, 3.8) is 0 Å². The molecule has 0 saturated heterocycles. The van der Waals surface area contributed by atoms with Crippen LogP contribution in [0.1, 0.15) is 37.1 Å². The number of benzene rings is 1. The summed E-state index contributed by atoms with van der Waals surface area (Å²) >= 11 is 0. The molecule has 0 aliphatic heterocycles. The van der Waals surface area contributed by atoms with Crippen molar-refractivity contribution in [3.8, 4) is 0 Å². The van der Waals surface area contributed by atoms with Crippen molar-refractivity contribution < 1.29 is 13.9 Å². The van der Waals surface area contributed by atoms with Gasteiger partial charge in [0, 0.05) is 6.07 Å². The molecule has 1 unspecified atom stereocenters. The van der Waals surface area contributed by atoms with E-state index in [0.717, 1.165) is 12.1 Å². The van der Waals surface area contributed by atoms with Gasteiger partial charge >= 0.3 is 0 Å². The van der Waals surface area contributed by atoms with Crippen molar-refractivity contribution in [2.24, 2.45) is 0 Å². The zero-order chi connectivity index (χ0) is 15.6. The minimum Gasteiger partial charge on any atom is -0.387 e. The maximum Gasteiger partial charge on any atom is 0.253 e. The molecule has 1 aromatic heterocycles. The first-order chi connectivity index (χ1) is 9.88. The average Bonchev–Trinajstić information content (AvgIpc) is 2.43. The Morgan fingerprint density at radius 2 is 1.95 bits per heavy atom. The standard InChI is InChI=1S/C15H16F2N2O2/c1-9(2)13-6-15(21)19(8-18-13)7-14(20)10-3-4-11(16)12(17)5-10/h3-6,8-9,14,20H,7H2,1-2H3. The molecule has 0 saturated carbocycles. The highest BCUT2D eigenvalue weighted by atomic mass is 19.2. The largest absolute Gasteiger partial charge is 0.387 e. The van der Waals surface area contributed by atoms with Gasteiger partial charge in [-0.15, -0.1) is 0 Å². The second kappa shape index (κ2) is 6.13. The highest BCUT2D eigenvalue weighted by molar-refractivity contribution is 5.20. The van der Waals surface area contributed by atoms with Crippen LogP contribution in [0, 0.1) is 11.6 Å². The van der Waals surface area contributed by atoms with E-state index < -0.39 is 17.7 Å². The predicted octanol–water partition coefficient (Wildman–Crippen LogP) is 2.38. The number of aliphatic hydroxyl groups excluding tert-OH is 1. The second-order valence-electron chi connectivity index (χ2n) is 5.15. The summed E-state index contributed by atoms with van der Waals surface area (Å²) in [6, 6.07) is 4.55. The maximum atomic E-state index is 13.1. The van der Waals surface area contributed by atoms with Gasteiger partial charge in [-0.3, -0.25) is 9.36 Å². The minimum absolute atomic E-state index is 0.0741. The number of rotatable bonds is 4. The van der Waals surface area contributed by atoms with E-state index in [4.69, 9.17) is 0 Å². The highest BCUT2D eigenvalue weighted by Gasteiger charge is 2.13. The van der Waals surface area contributed by atoms with Crippen molar-refractivity contribution in [2.75, 3.05) is 0 Å². The van der Waals surface area contributed by atoms with Gasteiger partial charge in [0.2, 0.25) is 0 Å². The van der Waals surface area contributed by atoms with E-state index in [1.54, 1.807) is 0 Å². The Morgan fingerprint density at radius 3 is 2.52 bits per heavy atom. The fourth-order valence-electron chi connectivity index (χ4n) is 1.90. The Hall–Kier alpha value is -2.08. The lowest BCUT2D eigenvalue weighted by molar-refractivity contribution is 0.154. The predicted molar refractivity (Wildman–Crippen MR) is 73.9 cm³/mol. The number of hydrogen-bond acceptors (Lipinski definition) is 3. The normalized spacial score (nSPS) is 12.7. The Bertz CT molecular complexity index is 698. The molecule has 0 aliphatic carbocycles. The lowest BCUT2D eigenvalue weighted by Gasteiger charge is -2.14. The van der Waals surface area contributed by atoms with Crippen molar-refractivity contribution in [1.29, 1.82) is 0 Å². The van der Waals surface area contributed by atoms with E-state index in [2.05, 4.69) is 4.98 Å². The molecule has 1 atom stereocenters. The Balaban J connectivity index is 2.21. The number of hydrogen-bond donors (Lipinski definition) is 1. The van der Waals surface area contributed by atoms with Crippen LogP contribution in [0.3, 0.4) is 0 Å². The van der Waals surface area contributed by atoms with Crippen molar-refractivity contribution in [3.05, 3.63) is 63.8 Å². The first-order valence-corrected chi connectivity index (χ1v) is 6.58. The van der Waals surface area contributed by atoms with Gasteiger partial charge in [-0.05, 0) is 23.6 Å². The molecule has 0 radical (unpaired) electrons. The molecule has 2 rings (SSSR count). The monoisotopic (exact) mass is 294 g/mol. The molecule has 4 nitrogen and oxygen atoms in total. The summed E-state index contributed by atoms with van der Waals surface area (Å²) in [5.74, 6) is -1.89. The third kappa shape index (κ3) is 3.52. The molecule has 0 aliphatic rings. The van der Waals surface area contributed by atoms with Crippen LogP contribution >= 0.6 is 0 Å². The second-order valence-corrected chi connectivity index (χ2v) is 5.15. The highest BCUT2D eigenvalue weighted by Crippen LogP contribution is 2.17. The molecule has 6 heteroatoms. The molecular formula is C15H16F2N2O2. The first kappa shape index (κ1) is 15.3. The van der Waals surface area contributed by atoms with Crippen LogP contribution < -0.4 is 5.56 Å². The molecule has 0 bridgehead atoms. The lowest BCUT2D eigenvalue weighted by atomic mass is 10.1. The number of aliphatic hydroxyl groups is 1. The van der Waals surface area contributed by atoms with E-state index in [0.29, 0.717) is 5.69 Å². The minimum atomic E-state index is -1.12. The van der Waals surface area contributed by atoms with E-state index in [1.165, 1.54) is 23.0 Å². The van der Waals surface area contributed by atoms with E-state index >= 15 is 0 Å². The van der Waals surface area contributed by atoms with Gasteiger partial charge in [0.15, 0.2) is 11.6 Å². The molecule has 2 aromatic rings. The summed E-state index contributed by atoms with van der Waals surface area (Å²) in [4.78, 5) is 16.0. The van der Waals surface area contributed by atoms with E-state index in [9.17, 15) is 18.7 Å². The van der Waals surface area contributed by atoms with Crippen LogP contribution in [-0.4, -0.2) is 14.7 Å². The van der Waals surface area contributed by atoms with Gasteiger partial charge in [-0.1, -0.05) is 19.9 Å². The molecule has 1 aromatic carbocycles. The fourth-order valence-corrected chi connectivity index (χ4v) is 1.90. The molecule has 1 N–H and O–H groups in total. The molecule has 1 heterocycles. The van der Waals surface area contributed by atoms with Gasteiger partial charge in [-0.25, -0.2) is 13.8 Å². The van der Waals surface area contributed by atoms with Crippen molar-refractivity contribution >= 4 is 0 Å². The average molecular weight is 294 g/mol. The third-order valence-electron chi connectivity index (χ3n) is 3.19. The number of halogens is 2. The molecule has 112 valence electrons. The smallest absolute Gasteiger partial charge is 0.253 e. The van der Waals surface area contributed by atoms with Crippen LogP contribution in [0.5, 0.6) is 0 Å². The fraction of sp³-hybridized carbons (Fsp3) is 0.333. The third-order valence-corrected chi connectivity index (χ3v) is 3.19. The van der Waals surface area contributed by atoms with Crippen LogP contribution in [0.15, 0.2) is 35.4 Å². The molecule has 0 spiro atoms. The summed E-state index contributed by atoms with van der Waals surface area (Å²) in [6.07, 6.45) is 0.227. The zero-order valence-corrected chi connectivity index (χ0v) is 11.8. The molecule has 0 amide bonds. The summed E-state index contributed by atoms with van der Waals surface area (Å²) in [5, 5.41) is 10.0. The van der Waals surface area contributed by atoms with Crippen LogP contribution in [0.2, 0.25) is 0 Å². The van der Waals surface area contributed by atoms with Crippen LogP contribution in [-0.2, 0) is 6.54 Å². The van der Waals surface area contributed by atoms with Gasteiger partial charge in [-0.2, -0.15) is 0 Å². The molecule has 0 fully saturated rings. The Labute approximate surface area is 120 Å². The first-order valence-electron chi connectivity index (χ1n) is 6.58. The van der Waals surface area contributed by atoms with Crippen LogP contribution in [0.4, 0.5) is 8.78 Å². The SMILES string of the molecule is CC(C)c1cc(=O)n(CC(O)c2ccc(F)c(F)c2)cn1. The lowest BCUT2D eigenvalue weighted by Crippen LogP contribution is -2.24. The summed E-state index contributed by atoms with van der Waals surface area (Å²) < 4.78 is 27.2. The summed E-state index contributed by atoms with van der Waals surface area (Å²) in [5.41, 5.74) is 0.572. The number of aromatic nitrogens is 2. The van der Waals surface area contributed by atoms with Crippen molar-refractivity contribution in [2.45, 2.75) is 32.4 Å². The topological polar surface area (TPSA) is 55.1 Å². The number of nitrogens with zero attached hydrogens (tertiary/aromatic N) is 2. The quantitative estimate of drug-likeness (QED) is 0.942. The van der Waals surface area contributed by atoms with Gasteiger partial charge in [0.25, 0.3) is 5.56 Å². The summed E-state index contributed by atoms with van der Waals surface area (Å²) in [7, 11) is 0.